The van der Waals surface area contributed by atoms with Crippen LogP contribution in [0.1, 0.15) is 5.56 Å². The highest BCUT2D eigenvalue weighted by molar-refractivity contribution is 7.91. The number of nitriles is 1. The van der Waals surface area contributed by atoms with Gasteiger partial charge in [0.2, 0.25) is 9.84 Å². The fourth-order valence-corrected chi connectivity index (χ4v) is 12.6. The Labute approximate surface area is 398 Å². The number of nitrogens with zero attached hydrogens (tertiary/aromatic N) is 4. The van der Waals surface area contributed by atoms with E-state index in [1.54, 1.807) is 12.1 Å². The number of para-hydroxylation sites is 4. The molecule has 0 unspecified atom stereocenters. The minimum atomic E-state index is -3.89. The first-order valence-corrected chi connectivity index (χ1v) is 24.5. The molecule has 0 fully saturated rings. The average molecular weight is 919 g/mol. The minimum absolute atomic E-state index is 0.129. The molecule has 0 spiro atoms. The molecule has 15 aromatic rings. The van der Waals surface area contributed by atoms with Crippen molar-refractivity contribution in [3.05, 3.63) is 212 Å². The number of rotatable bonds is 5. The Balaban J connectivity index is 1.14. The second-order valence-electron chi connectivity index (χ2n) is 17.9. The van der Waals surface area contributed by atoms with Crippen LogP contribution >= 0.6 is 0 Å². The third-order valence-electron chi connectivity index (χ3n) is 14.3. The third kappa shape index (κ3) is 5.14. The second-order valence-corrected chi connectivity index (χ2v) is 19.8. The Morgan fingerprint density at radius 1 is 0.343 bits per heavy atom. The largest absolute Gasteiger partial charge is 0.456 e. The lowest BCUT2D eigenvalue weighted by atomic mass is 10.00. The molecule has 0 saturated heterocycles. The molecule has 0 bridgehead atoms. The van der Waals surface area contributed by atoms with E-state index in [0.717, 1.165) is 126 Å². The Kier molecular flexibility index (Phi) is 7.79. The number of hydrogen-bond acceptors (Lipinski definition) is 5. The highest BCUT2D eigenvalue weighted by atomic mass is 32.2. The summed E-state index contributed by atoms with van der Waals surface area (Å²) in [4.78, 5) is 0.292. The molecule has 70 heavy (non-hydrogen) atoms. The molecule has 0 aliphatic heterocycles. The van der Waals surface area contributed by atoms with Crippen molar-refractivity contribution >= 4 is 119 Å². The van der Waals surface area contributed by atoms with Crippen LogP contribution in [0.4, 0.5) is 0 Å². The first-order chi connectivity index (χ1) is 34.5. The van der Waals surface area contributed by atoms with Crippen LogP contribution < -0.4 is 0 Å². The minimum Gasteiger partial charge on any atom is -0.456 e. The topological polar surface area (TPSA) is 99.0 Å². The Morgan fingerprint density at radius 2 is 0.743 bits per heavy atom. The van der Waals surface area contributed by atoms with E-state index in [1.165, 1.54) is 24.3 Å². The number of benzene rings is 10. The fraction of sp³-hybridized carbons (Fsp3) is 0. The molecule has 328 valence electrons. The van der Waals surface area contributed by atoms with Crippen molar-refractivity contribution in [2.45, 2.75) is 9.79 Å². The number of fused-ring (bicyclic) bond motifs is 19. The van der Waals surface area contributed by atoms with Crippen molar-refractivity contribution in [2.75, 3.05) is 0 Å². The Hall–Kier alpha value is -9.36. The van der Waals surface area contributed by atoms with E-state index in [4.69, 9.17) is 8.83 Å². The fourth-order valence-electron chi connectivity index (χ4n) is 11.4. The maximum atomic E-state index is 14.0. The molecule has 0 radical (unpaired) electrons. The van der Waals surface area contributed by atoms with Crippen molar-refractivity contribution < 1.29 is 17.3 Å². The summed E-state index contributed by atoms with van der Waals surface area (Å²) in [5.41, 5.74) is 12.7. The molecular weight excluding hydrogens is 885 g/mol. The van der Waals surface area contributed by atoms with E-state index in [2.05, 4.69) is 141 Å². The lowest BCUT2D eigenvalue weighted by Gasteiger charge is -2.11. The Morgan fingerprint density at radius 3 is 1.20 bits per heavy atom. The van der Waals surface area contributed by atoms with E-state index >= 15 is 0 Å². The van der Waals surface area contributed by atoms with Gasteiger partial charge in [-0.15, -0.1) is 0 Å². The average Bonchev–Trinajstić information content (AvgIpc) is 4.22. The summed E-state index contributed by atoms with van der Waals surface area (Å²) < 4.78 is 48.3. The van der Waals surface area contributed by atoms with Gasteiger partial charge >= 0.3 is 0 Å². The standard InChI is InChI=1S/C61H34N4O4S/c62-35-36-19-23-40(24-20-36)70(66,67)41-25-21-39(22-26-41)63-48-31-29-46-54(44-27-33-52-56(42-15-7-9-17-50(42)68-52)60(44)64(46)37-11-3-1-4-12-37)58(48)59-49(63)32-30-47-55(59)45-28-34-53-57(43-16-8-10-18-51(43)69-53)61(45)65(47)38-13-5-2-6-14-38/h1-34H. The third-order valence-corrected chi connectivity index (χ3v) is 16.1. The maximum Gasteiger partial charge on any atom is 0.206 e. The van der Waals surface area contributed by atoms with Gasteiger partial charge in [0.05, 0.1) is 65.3 Å². The van der Waals surface area contributed by atoms with Crippen molar-refractivity contribution in [2.24, 2.45) is 0 Å². The molecule has 5 aromatic heterocycles. The Bertz CT molecular complexity index is 4630. The van der Waals surface area contributed by atoms with Crippen molar-refractivity contribution in [3.8, 4) is 23.1 Å². The molecule has 10 aromatic carbocycles. The molecule has 0 N–H and O–H groups in total. The van der Waals surface area contributed by atoms with Gasteiger partial charge in [0.1, 0.15) is 22.3 Å². The number of hydrogen-bond donors (Lipinski definition) is 0. The SMILES string of the molecule is N#Cc1ccc(S(=O)(=O)c2ccc(-n3c4ccc5c(c6ccc7oc8ccccc8c7c6n5-c5ccccc5)c4c4c5c6ccc7oc8ccccc8c7c6n(-c6ccccc6)c5ccc43)cc2)cc1. The monoisotopic (exact) mass is 918 g/mol. The van der Waals surface area contributed by atoms with Crippen molar-refractivity contribution in [1.29, 1.82) is 5.26 Å². The van der Waals surface area contributed by atoms with Crippen LogP contribution in [0, 0.1) is 11.3 Å². The summed E-state index contributed by atoms with van der Waals surface area (Å²) in [6.45, 7) is 0. The van der Waals surface area contributed by atoms with Gasteiger partial charge in [-0.2, -0.15) is 5.26 Å². The van der Waals surface area contributed by atoms with Gasteiger partial charge in [-0.25, -0.2) is 8.42 Å². The van der Waals surface area contributed by atoms with Crippen LogP contribution in [-0.2, 0) is 9.84 Å². The van der Waals surface area contributed by atoms with E-state index in [0.29, 0.717) is 5.56 Å². The lowest BCUT2D eigenvalue weighted by Crippen LogP contribution is -2.03. The van der Waals surface area contributed by atoms with Gasteiger partial charge in [0.15, 0.2) is 0 Å². The molecule has 0 saturated carbocycles. The summed E-state index contributed by atoms with van der Waals surface area (Å²) >= 11 is 0. The van der Waals surface area contributed by atoms with Crippen molar-refractivity contribution in [1.82, 2.24) is 13.7 Å². The highest BCUT2D eigenvalue weighted by Gasteiger charge is 2.28. The van der Waals surface area contributed by atoms with Crippen molar-refractivity contribution in [3.63, 3.8) is 0 Å². The zero-order valence-electron chi connectivity index (χ0n) is 37.0. The van der Waals surface area contributed by atoms with Gasteiger partial charge in [-0.3, -0.25) is 0 Å². The molecule has 0 amide bonds. The molecular formula is C61H34N4O4S. The normalized spacial score (nSPS) is 12.4. The van der Waals surface area contributed by atoms with Gasteiger partial charge in [-0.1, -0.05) is 72.8 Å². The summed E-state index contributed by atoms with van der Waals surface area (Å²) in [5.74, 6) is 0. The maximum absolute atomic E-state index is 14.0. The van der Waals surface area contributed by atoms with Gasteiger partial charge < -0.3 is 22.5 Å². The molecule has 0 aliphatic carbocycles. The number of sulfone groups is 1. The first-order valence-electron chi connectivity index (χ1n) is 23.1. The smallest absolute Gasteiger partial charge is 0.206 e. The van der Waals surface area contributed by atoms with Gasteiger partial charge in [0.25, 0.3) is 0 Å². The second kappa shape index (κ2) is 14.1. The summed E-state index contributed by atoms with van der Waals surface area (Å²) in [6, 6.07) is 70.4. The molecule has 8 nitrogen and oxygen atoms in total. The van der Waals surface area contributed by atoms with E-state index in [-0.39, 0.29) is 9.79 Å². The van der Waals surface area contributed by atoms with Gasteiger partial charge in [0, 0.05) is 60.2 Å². The van der Waals surface area contributed by atoms with Crippen LogP contribution in [0.25, 0.3) is 126 Å². The molecule has 5 heterocycles. The zero-order chi connectivity index (χ0) is 46.4. The highest BCUT2D eigenvalue weighted by Crippen LogP contribution is 2.50. The quantitative estimate of drug-likeness (QED) is 0.171. The van der Waals surface area contributed by atoms with Gasteiger partial charge in [-0.05, 0) is 133 Å². The van der Waals surface area contributed by atoms with E-state index < -0.39 is 9.84 Å². The molecule has 9 heteroatoms. The van der Waals surface area contributed by atoms with Crippen LogP contribution in [0.5, 0.6) is 0 Å². The number of aromatic nitrogens is 3. The van der Waals surface area contributed by atoms with E-state index in [1.807, 2.05) is 48.5 Å². The first kappa shape index (κ1) is 38.7. The van der Waals surface area contributed by atoms with Crippen LogP contribution in [-0.4, -0.2) is 22.1 Å². The zero-order valence-corrected chi connectivity index (χ0v) is 37.8. The predicted molar refractivity (Wildman–Crippen MR) is 281 cm³/mol. The molecule has 15 rings (SSSR count). The predicted octanol–water partition coefficient (Wildman–Crippen LogP) is 15.5. The van der Waals surface area contributed by atoms with Crippen LogP contribution in [0.15, 0.2) is 225 Å². The lowest BCUT2D eigenvalue weighted by molar-refractivity contribution is 0.596. The summed E-state index contributed by atoms with van der Waals surface area (Å²) in [5, 5.41) is 20.1. The number of furan rings is 2. The van der Waals surface area contributed by atoms with E-state index in [9.17, 15) is 13.7 Å². The van der Waals surface area contributed by atoms with Crippen LogP contribution in [0.2, 0.25) is 0 Å². The molecule has 0 aliphatic rings. The molecule has 0 atom stereocenters. The summed E-state index contributed by atoms with van der Waals surface area (Å²) in [6.07, 6.45) is 0. The van der Waals surface area contributed by atoms with Crippen LogP contribution in [0.3, 0.4) is 0 Å². The summed E-state index contributed by atoms with van der Waals surface area (Å²) in [7, 11) is -3.89.